The van der Waals surface area contributed by atoms with Gasteiger partial charge in [0, 0.05) is 10.9 Å². The molecule has 118 valence electrons. The van der Waals surface area contributed by atoms with Gasteiger partial charge in [-0.2, -0.15) is 23.7 Å². The van der Waals surface area contributed by atoms with Crippen molar-refractivity contribution in [1.82, 2.24) is 4.98 Å². The van der Waals surface area contributed by atoms with Crippen molar-refractivity contribution in [3.05, 3.63) is 46.3 Å². The molecular formula is C16H7F3N4S. The summed E-state index contributed by atoms with van der Waals surface area (Å²) in [5, 5.41) is 17.5. The van der Waals surface area contributed by atoms with E-state index in [1.165, 1.54) is 24.3 Å². The first-order valence-corrected chi connectivity index (χ1v) is 7.37. The summed E-state index contributed by atoms with van der Waals surface area (Å²) >= 11 is 0.821. The van der Waals surface area contributed by atoms with Gasteiger partial charge in [0.1, 0.15) is 15.8 Å². The summed E-state index contributed by atoms with van der Waals surface area (Å²) < 4.78 is 40.3. The van der Waals surface area contributed by atoms with E-state index in [4.69, 9.17) is 16.3 Å². The second kappa shape index (κ2) is 5.52. The lowest BCUT2D eigenvalue weighted by atomic mass is 10.0. The first kappa shape index (κ1) is 15.8. The van der Waals surface area contributed by atoms with Gasteiger partial charge in [-0.25, -0.2) is 4.98 Å². The molecule has 3 rings (SSSR count). The number of rotatable bonds is 1. The molecule has 0 amide bonds. The van der Waals surface area contributed by atoms with Crippen molar-refractivity contribution in [1.29, 1.82) is 10.5 Å². The third kappa shape index (κ3) is 2.53. The number of benzene rings is 1. The Morgan fingerprint density at radius 2 is 1.75 bits per heavy atom. The molecule has 2 aromatic heterocycles. The van der Waals surface area contributed by atoms with Crippen LogP contribution in [0.5, 0.6) is 0 Å². The molecule has 0 unspecified atom stereocenters. The molecule has 0 atom stereocenters. The molecule has 0 fully saturated rings. The summed E-state index contributed by atoms with van der Waals surface area (Å²) in [4.78, 5) is 4.26. The molecule has 1 aromatic carbocycles. The van der Waals surface area contributed by atoms with Crippen LogP contribution in [0.3, 0.4) is 0 Å². The minimum atomic E-state index is -4.63. The Labute approximate surface area is 138 Å². The van der Waals surface area contributed by atoms with Crippen LogP contribution in [0, 0.1) is 22.7 Å². The summed E-state index contributed by atoms with van der Waals surface area (Å²) in [5.41, 5.74) is 5.48. The number of halogens is 3. The first-order valence-electron chi connectivity index (χ1n) is 6.56. The number of nitriles is 2. The molecule has 0 bridgehead atoms. The summed E-state index contributed by atoms with van der Waals surface area (Å²) in [5.74, 6) is 0. The van der Waals surface area contributed by atoms with E-state index >= 15 is 0 Å². The van der Waals surface area contributed by atoms with E-state index in [0.29, 0.717) is 11.1 Å². The maximum Gasteiger partial charge on any atom is 0.417 e. The van der Waals surface area contributed by atoms with Crippen LogP contribution in [0.25, 0.3) is 21.5 Å². The number of pyridine rings is 1. The minimum absolute atomic E-state index is 0.0000200. The van der Waals surface area contributed by atoms with Gasteiger partial charge in [0.05, 0.1) is 28.6 Å². The van der Waals surface area contributed by atoms with E-state index < -0.39 is 11.7 Å². The van der Waals surface area contributed by atoms with Gasteiger partial charge in [-0.05, 0) is 18.2 Å². The van der Waals surface area contributed by atoms with Gasteiger partial charge in [0.2, 0.25) is 0 Å². The van der Waals surface area contributed by atoms with Crippen molar-refractivity contribution in [3.8, 4) is 23.4 Å². The SMILES string of the molecule is N#Cc1ccc(-c2cc(C(F)(F)F)c3c(N)c(C#N)sc3n2)cc1. The van der Waals surface area contributed by atoms with Gasteiger partial charge in [0.15, 0.2) is 0 Å². The quantitative estimate of drug-likeness (QED) is 0.713. The number of fused-ring (bicyclic) bond motifs is 1. The number of hydrogen-bond acceptors (Lipinski definition) is 5. The Morgan fingerprint density at radius 1 is 1.08 bits per heavy atom. The van der Waals surface area contributed by atoms with Crippen molar-refractivity contribution in [2.75, 3.05) is 5.73 Å². The van der Waals surface area contributed by atoms with Crippen LogP contribution in [0.15, 0.2) is 30.3 Å². The van der Waals surface area contributed by atoms with E-state index in [0.717, 1.165) is 17.4 Å². The Balaban J connectivity index is 2.31. The molecule has 0 aliphatic carbocycles. The van der Waals surface area contributed by atoms with Crippen LogP contribution >= 0.6 is 11.3 Å². The number of nitrogen functional groups attached to an aromatic ring is 1. The second-order valence-corrected chi connectivity index (χ2v) is 5.88. The smallest absolute Gasteiger partial charge is 0.396 e. The minimum Gasteiger partial charge on any atom is -0.396 e. The van der Waals surface area contributed by atoms with E-state index in [2.05, 4.69) is 4.98 Å². The van der Waals surface area contributed by atoms with Crippen LogP contribution in [-0.2, 0) is 6.18 Å². The largest absolute Gasteiger partial charge is 0.417 e. The number of aromatic nitrogens is 1. The fourth-order valence-electron chi connectivity index (χ4n) is 2.29. The summed E-state index contributed by atoms with van der Waals surface area (Å²) in [6, 6.07) is 10.7. The van der Waals surface area contributed by atoms with E-state index in [1.54, 1.807) is 6.07 Å². The van der Waals surface area contributed by atoms with Gasteiger partial charge in [-0.3, -0.25) is 0 Å². The van der Waals surface area contributed by atoms with Crippen molar-refractivity contribution in [2.24, 2.45) is 0 Å². The fourth-order valence-corrected chi connectivity index (χ4v) is 3.21. The lowest BCUT2D eigenvalue weighted by Crippen LogP contribution is -2.07. The van der Waals surface area contributed by atoms with Crippen LogP contribution in [-0.4, -0.2) is 4.98 Å². The van der Waals surface area contributed by atoms with Crippen LogP contribution in [0.2, 0.25) is 0 Å². The Kier molecular flexibility index (Phi) is 3.63. The number of alkyl halides is 3. The Hall–Kier alpha value is -3.10. The average Bonchev–Trinajstić information content (AvgIpc) is 2.89. The molecule has 4 nitrogen and oxygen atoms in total. The third-order valence-corrected chi connectivity index (χ3v) is 4.42. The highest BCUT2D eigenvalue weighted by molar-refractivity contribution is 7.19. The molecule has 0 saturated carbocycles. The lowest BCUT2D eigenvalue weighted by molar-refractivity contribution is -0.136. The lowest BCUT2D eigenvalue weighted by Gasteiger charge is -2.11. The molecule has 3 aromatic rings. The fraction of sp³-hybridized carbons (Fsp3) is 0.0625. The zero-order valence-electron chi connectivity index (χ0n) is 11.8. The van der Waals surface area contributed by atoms with Gasteiger partial charge < -0.3 is 5.73 Å². The van der Waals surface area contributed by atoms with Crippen LogP contribution in [0.4, 0.5) is 18.9 Å². The number of thiophene rings is 1. The highest BCUT2D eigenvalue weighted by Crippen LogP contribution is 2.43. The van der Waals surface area contributed by atoms with Gasteiger partial charge in [-0.15, -0.1) is 11.3 Å². The normalized spacial score (nSPS) is 11.2. The van der Waals surface area contributed by atoms with E-state index in [1.807, 2.05) is 6.07 Å². The highest BCUT2D eigenvalue weighted by Gasteiger charge is 2.35. The molecule has 0 aliphatic rings. The average molecular weight is 344 g/mol. The van der Waals surface area contributed by atoms with E-state index in [9.17, 15) is 13.2 Å². The maximum absolute atomic E-state index is 13.4. The molecule has 8 heteroatoms. The van der Waals surface area contributed by atoms with Gasteiger partial charge in [0.25, 0.3) is 0 Å². The molecule has 0 aliphatic heterocycles. The van der Waals surface area contributed by atoms with Gasteiger partial charge >= 0.3 is 6.18 Å². The predicted molar refractivity (Wildman–Crippen MR) is 83.9 cm³/mol. The zero-order chi connectivity index (χ0) is 17.5. The first-order chi connectivity index (χ1) is 11.3. The number of anilines is 1. The molecule has 0 saturated heterocycles. The van der Waals surface area contributed by atoms with E-state index in [-0.39, 0.29) is 26.5 Å². The molecule has 2 N–H and O–H groups in total. The Morgan fingerprint density at radius 3 is 2.29 bits per heavy atom. The van der Waals surface area contributed by atoms with Crippen molar-refractivity contribution in [3.63, 3.8) is 0 Å². The number of nitrogens with two attached hydrogens (primary N) is 1. The molecule has 2 heterocycles. The summed E-state index contributed by atoms with van der Waals surface area (Å²) in [6.07, 6.45) is -4.63. The van der Waals surface area contributed by atoms with Crippen molar-refractivity contribution < 1.29 is 13.2 Å². The Bertz CT molecular complexity index is 1020. The summed E-state index contributed by atoms with van der Waals surface area (Å²) in [7, 11) is 0. The standard InChI is InChI=1S/C16H7F3N4S/c17-16(18,19)10-5-11(9-3-1-8(6-20)2-4-9)23-15-13(10)14(22)12(7-21)24-15/h1-5H,22H2. The topological polar surface area (TPSA) is 86.5 Å². The molecular weight excluding hydrogens is 337 g/mol. The monoisotopic (exact) mass is 344 g/mol. The maximum atomic E-state index is 13.4. The van der Waals surface area contributed by atoms with Gasteiger partial charge in [-0.1, -0.05) is 12.1 Å². The van der Waals surface area contributed by atoms with Crippen molar-refractivity contribution in [2.45, 2.75) is 6.18 Å². The summed E-state index contributed by atoms with van der Waals surface area (Å²) in [6.45, 7) is 0. The molecule has 24 heavy (non-hydrogen) atoms. The van der Waals surface area contributed by atoms with Crippen LogP contribution in [0.1, 0.15) is 16.0 Å². The number of hydrogen-bond donors (Lipinski definition) is 1. The van der Waals surface area contributed by atoms with Crippen molar-refractivity contribution >= 4 is 27.2 Å². The highest BCUT2D eigenvalue weighted by atomic mass is 32.1. The number of nitrogens with zero attached hydrogens (tertiary/aromatic N) is 3. The second-order valence-electron chi connectivity index (χ2n) is 4.88. The predicted octanol–water partition coefficient (Wildman–Crippen LogP) is 4.31. The van der Waals surface area contributed by atoms with Crippen LogP contribution < -0.4 is 5.73 Å². The zero-order valence-corrected chi connectivity index (χ0v) is 12.7. The third-order valence-electron chi connectivity index (χ3n) is 3.42. The molecule has 0 spiro atoms. The molecule has 0 radical (unpaired) electrons.